The molecule has 1 heterocycles. The van der Waals surface area contributed by atoms with Gasteiger partial charge in [-0.2, -0.15) is 13.1 Å². The van der Waals surface area contributed by atoms with Crippen molar-refractivity contribution >= 4 is 27.5 Å². The van der Waals surface area contributed by atoms with E-state index in [4.69, 9.17) is 0 Å². The molecule has 0 fully saturated rings. The van der Waals surface area contributed by atoms with Crippen LogP contribution >= 0.6 is 0 Å². The van der Waals surface area contributed by atoms with Gasteiger partial charge in [-0.05, 0) is 56.2 Å². The van der Waals surface area contributed by atoms with Gasteiger partial charge in [-0.1, -0.05) is 18.2 Å². The smallest absolute Gasteiger partial charge is 0.299 e. The van der Waals surface area contributed by atoms with Crippen LogP contribution < -0.4 is 14.3 Å². The van der Waals surface area contributed by atoms with Gasteiger partial charge in [0.05, 0.1) is 5.69 Å². The first-order valence-electron chi connectivity index (χ1n) is 8.15. The van der Waals surface area contributed by atoms with Crippen molar-refractivity contribution in [1.82, 2.24) is 4.72 Å². The van der Waals surface area contributed by atoms with Gasteiger partial charge in [0.15, 0.2) is 0 Å². The SMILES string of the molecule is CC(C)NS(=O)(=O)Nc1ccc2c(c1)CCN2C(=O)c1ccccc1. The van der Waals surface area contributed by atoms with Gasteiger partial charge in [0, 0.05) is 23.8 Å². The highest BCUT2D eigenvalue weighted by molar-refractivity contribution is 7.90. The van der Waals surface area contributed by atoms with Crippen LogP contribution in [0.15, 0.2) is 48.5 Å². The first-order valence-corrected chi connectivity index (χ1v) is 9.64. The molecule has 132 valence electrons. The van der Waals surface area contributed by atoms with Crippen molar-refractivity contribution in [3.05, 3.63) is 59.7 Å². The third kappa shape index (κ3) is 4.00. The average Bonchev–Trinajstić information content (AvgIpc) is 2.96. The van der Waals surface area contributed by atoms with E-state index in [1.807, 2.05) is 18.2 Å². The van der Waals surface area contributed by atoms with E-state index >= 15 is 0 Å². The summed E-state index contributed by atoms with van der Waals surface area (Å²) in [5.41, 5.74) is 2.91. The normalized spacial score (nSPS) is 13.8. The Labute approximate surface area is 148 Å². The zero-order valence-corrected chi connectivity index (χ0v) is 15.0. The fraction of sp³-hybridized carbons (Fsp3) is 0.278. The second kappa shape index (κ2) is 6.85. The number of rotatable bonds is 5. The van der Waals surface area contributed by atoms with Gasteiger partial charge in [0.2, 0.25) is 0 Å². The summed E-state index contributed by atoms with van der Waals surface area (Å²) in [5.74, 6) is -0.0471. The maximum absolute atomic E-state index is 12.6. The number of hydrogen-bond donors (Lipinski definition) is 2. The Morgan fingerprint density at radius 3 is 2.52 bits per heavy atom. The second-order valence-electron chi connectivity index (χ2n) is 6.29. The quantitative estimate of drug-likeness (QED) is 0.861. The Balaban J connectivity index is 1.80. The van der Waals surface area contributed by atoms with Crippen molar-refractivity contribution in [1.29, 1.82) is 0 Å². The molecule has 0 bridgehead atoms. The Bertz CT molecular complexity index is 880. The fourth-order valence-electron chi connectivity index (χ4n) is 2.91. The van der Waals surface area contributed by atoms with Crippen molar-refractivity contribution in [2.24, 2.45) is 0 Å². The highest BCUT2D eigenvalue weighted by Crippen LogP contribution is 2.31. The molecule has 1 aliphatic heterocycles. The standard InChI is InChI=1S/C18H21N3O3S/c1-13(2)19-25(23,24)20-16-8-9-17-15(12-16)10-11-21(17)18(22)14-6-4-3-5-7-14/h3-9,12-13,19-20H,10-11H2,1-2H3. The van der Waals surface area contributed by atoms with Gasteiger partial charge in [-0.15, -0.1) is 0 Å². The second-order valence-corrected chi connectivity index (χ2v) is 7.74. The van der Waals surface area contributed by atoms with Crippen LogP contribution in [0.4, 0.5) is 11.4 Å². The van der Waals surface area contributed by atoms with Crippen molar-refractivity contribution < 1.29 is 13.2 Å². The molecule has 1 amide bonds. The van der Waals surface area contributed by atoms with Gasteiger partial charge >= 0.3 is 0 Å². The maximum atomic E-state index is 12.6. The number of nitrogens with one attached hydrogen (secondary N) is 2. The molecule has 0 radical (unpaired) electrons. The summed E-state index contributed by atoms with van der Waals surface area (Å²) in [6.45, 7) is 4.10. The maximum Gasteiger partial charge on any atom is 0.299 e. The summed E-state index contributed by atoms with van der Waals surface area (Å²) in [7, 11) is -3.60. The van der Waals surface area contributed by atoms with Crippen molar-refractivity contribution in [3.63, 3.8) is 0 Å². The van der Waals surface area contributed by atoms with E-state index < -0.39 is 10.2 Å². The van der Waals surface area contributed by atoms with Crippen LogP contribution in [0.2, 0.25) is 0 Å². The van der Waals surface area contributed by atoms with E-state index in [0.717, 1.165) is 11.3 Å². The van der Waals surface area contributed by atoms with E-state index in [0.29, 0.717) is 24.2 Å². The number of carbonyl (C=O) groups is 1. The molecule has 6 nitrogen and oxygen atoms in total. The molecule has 2 aromatic rings. The highest BCUT2D eigenvalue weighted by atomic mass is 32.2. The van der Waals surface area contributed by atoms with Crippen LogP contribution in [0.3, 0.4) is 0 Å². The number of amides is 1. The number of anilines is 2. The van der Waals surface area contributed by atoms with Crippen LogP contribution in [0.1, 0.15) is 29.8 Å². The lowest BCUT2D eigenvalue weighted by atomic mass is 10.1. The fourth-order valence-corrected chi connectivity index (χ4v) is 4.02. The molecule has 0 aliphatic carbocycles. The molecule has 0 spiro atoms. The van der Waals surface area contributed by atoms with Crippen LogP contribution in [0.25, 0.3) is 0 Å². The Morgan fingerprint density at radius 2 is 1.84 bits per heavy atom. The molecule has 1 aliphatic rings. The third-order valence-electron chi connectivity index (χ3n) is 3.88. The third-order valence-corrected chi connectivity index (χ3v) is 5.17. The minimum absolute atomic E-state index is 0.0471. The molecule has 3 rings (SSSR count). The lowest BCUT2D eigenvalue weighted by molar-refractivity contribution is 0.0989. The predicted octanol–water partition coefficient (Wildman–Crippen LogP) is 2.54. The molecule has 7 heteroatoms. The first kappa shape index (κ1) is 17.4. The van der Waals surface area contributed by atoms with Gasteiger partial charge in [-0.3, -0.25) is 9.52 Å². The van der Waals surface area contributed by atoms with Crippen LogP contribution in [0.5, 0.6) is 0 Å². The zero-order valence-electron chi connectivity index (χ0n) is 14.2. The van der Waals surface area contributed by atoms with Crippen LogP contribution in [-0.4, -0.2) is 26.9 Å². The van der Waals surface area contributed by atoms with Gasteiger partial charge in [0.1, 0.15) is 0 Å². The average molecular weight is 359 g/mol. The summed E-state index contributed by atoms with van der Waals surface area (Å²) < 4.78 is 29.0. The summed E-state index contributed by atoms with van der Waals surface area (Å²) in [6, 6.07) is 14.2. The molecular weight excluding hydrogens is 338 g/mol. The number of fused-ring (bicyclic) bond motifs is 1. The number of hydrogen-bond acceptors (Lipinski definition) is 3. The molecule has 0 atom stereocenters. The Kier molecular flexibility index (Phi) is 4.78. The van der Waals surface area contributed by atoms with E-state index in [1.165, 1.54) is 0 Å². The molecule has 0 saturated carbocycles. The van der Waals surface area contributed by atoms with E-state index in [9.17, 15) is 13.2 Å². The minimum Gasteiger partial charge on any atom is -0.308 e. The van der Waals surface area contributed by atoms with E-state index in [1.54, 1.807) is 49.1 Å². The number of nitrogens with zero attached hydrogens (tertiary/aromatic N) is 1. The predicted molar refractivity (Wildman–Crippen MR) is 99.1 cm³/mol. The summed E-state index contributed by atoms with van der Waals surface area (Å²) >= 11 is 0. The van der Waals surface area contributed by atoms with Crippen LogP contribution in [-0.2, 0) is 16.6 Å². The van der Waals surface area contributed by atoms with Crippen molar-refractivity contribution in [3.8, 4) is 0 Å². The minimum atomic E-state index is -3.60. The highest BCUT2D eigenvalue weighted by Gasteiger charge is 2.26. The van der Waals surface area contributed by atoms with Gasteiger partial charge < -0.3 is 4.90 Å². The summed E-state index contributed by atoms with van der Waals surface area (Å²) in [4.78, 5) is 14.4. The molecule has 0 saturated heterocycles. The lowest BCUT2D eigenvalue weighted by Gasteiger charge is -2.18. The lowest BCUT2D eigenvalue weighted by Crippen LogP contribution is -2.35. The molecule has 2 N–H and O–H groups in total. The Morgan fingerprint density at radius 1 is 1.12 bits per heavy atom. The number of benzene rings is 2. The first-order chi connectivity index (χ1) is 11.9. The van der Waals surface area contributed by atoms with Gasteiger partial charge in [0.25, 0.3) is 16.1 Å². The monoisotopic (exact) mass is 359 g/mol. The largest absolute Gasteiger partial charge is 0.308 e. The molecule has 0 aromatic heterocycles. The van der Waals surface area contributed by atoms with Crippen molar-refractivity contribution in [2.45, 2.75) is 26.3 Å². The Hall–Kier alpha value is -2.38. The van der Waals surface area contributed by atoms with E-state index in [-0.39, 0.29) is 11.9 Å². The molecule has 0 unspecified atom stereocenters. The van der Waals surface area contributed by atoms with Crippen LogP contribution in [0, 0.1) is 0 Å². The number of carbonyl (C=O) groups excluding carboxylic acids is 1. The van der Waals surface area contributed by atoms with Crippen molar-refractivity contribution in [2.75, 3.05) is 16.2 Å². The molecule has 2 aromatic carbocycles. The molecule has 25 heavy (non-hydrogen) atoms. The van der Waals surface area contributed by atoms with Gasteiger partial charge in [-0.25, -0.2) is 0 Å². The zero-order chi connectivity index (χ0) is 18.0. The summed E-state index contributed by atoms with van der Waals surface area (Å²) in [6.07, 6.45) is 0.696. The summed E-state index contributed by atoms with van der Waals surface area (Å²) in [5, 5.41) is 0. The topological polar surface area (TPSA) is 78.5 Å². The molecular formula is C18H21N3O3S. The van der Waals surface area contributed by atoms with E-state index in [2.05, 4.69) is 9.44 Å².